The molecule has 1 aromatic carbocycles. The van der Waals surface area contributed by atoms with Gasteiger partial charge in [-0.2, -0.15) is 5.26 Å². The molecule has 0 aliphatic rings. The number of benzene rings is 1. The van der Waals surface area contributed by atoms with Crippen molar-refractivity contribution in [3.05, 3.63) is 71.7 Å². The number of hydrogen-bond donors (Lipinski definition) is 0. The van der Waals surface area contributed by atoms with Crippen molar-refractivity contribution in [2.75, 3.05) is 13.7 Å². The molecule has 0 bridgehead atoms. The van der Waals surface area contributed by atoms with Crippen LogP contribution in [0.2, 0.25) is 0 Å². The van der Waals surface area contributed by atoms with Crippen LogP contribution in [0.5, 0.6) is 0 Å². The van der Waals surface area contributed by atoms with Gasteiger partial charge in [0.25, 0.3) is 0 Å². The largest absolute Gasteiger partial charge is 0.385 e. The summed E-state index contributed by atoms with van der Waals surface area (Å²) < 4.78 is 9.54. The topological polar surface area (TPSA) is 94.4 Å². The van der Waals surface area contributed by atoms with Gasteiger partial charge in [0.1, 0.15) is 17.4 Å². The first-order valence-corrected chi connectivity index (χ1v) is 12.2. The highest BCUT2D eigenvalue weighted by molar-refractivity contribution is 6.05. The van der Waals surface area contributed by atoms with E-state index in [-0.39, 0.29) is 12.0 Å². The van der Waals surface area contributed by atoms with Crippen LogP contribution in [-0.4, -0.2) is 43.2 Å². The molecule has 8 heteroatoms. The summed E-state index contributed by atoms with van der Waals surface area (Å²) in [5.74, 6) is 0.280. The number of methoxy groups -OCH3 is 1. The summed E-state index contributed by atoms with van der Waals surface area (Å²) in [5.41, 5.74) is 6.87. The van der Waals surface area contributed by atoms with E-state index in [1.54, 1.807) is 17.9 Å². The summed E-state index contributed by atoms with van der Waals surface area (Å²) in [7, 11) is 3.63. The zero-order chi connectivity index (χ0) is 25.2. The minimum absolute atomic E-state index is 0.0180. The lowest BCUT2D eigenvalue weighted by Gasteiger charge is -2.29. The van der Waals surface area contributed by atoms with Gasteiger partial charge in [-0.05, 0) is 43.0 Å². The lowest BCUT2D eigenvalue weighted by Crippen LogP contribution is -2.22. The highest BCUT2D eigenvalue weighted by Gasteiger charge is 2.29. The standard InChI is InChI=1S/C28H29N7O/c1-5-19(13-14-36-4)27(20-9-7-6-8-10-20)35-24-15-21(26-18(2)32-33-34(26)3)17-30-25(24)23-12-11-22(16-29)31-28(23)35/h6-12,15,17,19,27H,5,13-14H2,1-4H3/t19?,27-/m0/s1. The van der Waals surface area contributed by atoms with Crippen molar-refractivity contribution in [1.29, 1.82) is 5.26 Å². The number of aromatic nitrogens is 6. The Morgan fingerprint density at radius 3 is 2.61 bits per heavy atom. The minimum atomic E-state index is -0.0180. The second kappa shape index (κ2) is 9.88. The highest BCUT2D eigenvalue weighted by Crippen LogP contribution is 2.39. The third-order valence-corrected chi connectivity index (χ3v) is 6.95. The maximum absolute atomic E-state index is 9.65. The van der Waals surface area contributed by atoms with Crippen molar-refractivity contribution in [2.24, 2.45) is 13.0 Å². The molecule has 0 spiro atoms. The summed E-state index contributed by atoms with van der Waals surface area (Å²) in [6.45, 7) is 4.83. The van der Waals surface area contributed by atoms with E-state index in [4.69, 9.17) is 14.7 Å². The van der Waals surface area contributed by atoms with E-state index < -0.39 is 0 Å². The first-order valence-electron chi connectivity index (χ1n) is 12.2. The molecule has 0 saturated heterocycles. The third kappa shape index (κ3) is 4.01. The number of fused-ring (bicyclic) bond motifs is 3. The summed E-state index contributed by atoms with van der Waals surface area (Å²) in [6, 6.07) is 18.6. The Labute approximate surface area is 210 Å². The van der Waals surface area contributed by atoms with Gasteiger partial charge in [0.05, 0.1) is 28.5 Å². The second-order valence-electron chi connectivity index (χ2n) is 9.09. The second-order valence-corrected chi connectivity index (χ2v) is 9.09. The van der Waals surface area contributed by atoms with Crippen LogP contribution >= 0.6 is 0 Å². The fourth-order valence-electron chi connectivity index (χ4n) is 5.24. The lowest BCUT2D eigenvalue weighted by atomic mass is 9.88. The molecule has 4 heterocycles. The predicted octanol–water partition coefficient (Wildman–Crippen LogP) is 5.21. The molecule has 4 aromatic heterocycles. The van der Waals surface area contributed by atoms with Gasteiger partial charge < -0.3 is 9.30 Å². The number of ether oxygens (including phenoxy) is 1. The van der Waals surface area contributed by atoms with E-state index >= 15 is 0 Å². The molecule has 2 atom stereocenters. The van der Waals surface area contributed by atoms with Gasteiger partial charge in [0, 0.05) is 37.9 Å². The quantitative estimate of drug-likeness (QED) is 0.303. The molecule has 0 aliphatic heterocycles. The van der Waals surface area contributed by atoms with Crippen molar-refractivity contribution in [2.45, 2.75) is 32.7 Å². The normalized spacial score (nSPS) is 13.2. The Morgan fingerprint density at radius 1 is 1.14 bits per heavy atom. The van der Waals surface area contributed by atoms with E-state index in [1.807, 2.05) is 32.3 Å². The SMILES string of the molecule is CCC(CCOC)[C@@H](c1ccccc1)n1c2cc(-c3c(C)nnn3C)cnc2c2ccc(C#N)nc21. The number of pyridine rings is 2. The predicted molar refractivity (Wildman–Crippen MR) is 139 cm³/mol. The van der Waals surface area contributed by atoms with Gasteiger partial charge in [0.15, 0.2) is 0 Å². The molecule has 8 nitrogen and oxygen atoms in total. The Balaban J connectivity index is 1.86. The van der Waals surface area contributed by atoms with Crippen molar-refractivity contribution in [3.63, 3.8) is 0 Å². The molecule has 0 amide bonds. The summed E-state index contributed by atoms with van der Waals surface area (Å²) in [6.07, 6.45) is 3.72. The molecule has 0 radical (unpaired) electrons. The number of aryl methyl sites for hydroxylation is 2. The average molecular weight is 480 g/mol. The van der Waals surface area contributed by atoms with Crippen molar-refractivity contribution >= 4 is 22.1 Å². The van der Waals surface area contributed by atoms with Gasteiger partial charge in [-0.3, -0.25) is 4.98 Å². The van der Waals surface area contributed by atoms with Gasteiger partial charge in [-0.15, -0.1) is 5.10 Å². The fourth-order valence-corrected chi connectivity index (χ4v) is 5.24. The molecule has 182 valence electrons. The van der Waals surface area contributed by atoms with E-state index in [0.717, 1.165) is 51.9 Å². The Hall–Kier alpha value is -4.09. The van der Waals surface area contributed by atoms with Gasteiger partial charge in [-0.1, -0.05) is 48.9 Å². The zero-order valence-corrected chi connectivity index (χ0v) is 21.0. The van der Waals surface area contributed by atoms with Gasteiger partial charge >= 0.3 is 0 Å². The van der Waals surface area contributed by atoms with Crippen LogP contribution in [0, 0.1) is 24.2 Å². The maximum Gasteiger partial charge on any atom is 0.144 e. The van der Waals surface area contributed by atoms with Crippen LogP contribution in [0.4, 0.5) is 0 Å². The van der Waals surface area contributed by atoms with Crippen LogP contribution in [0.1, 0.15) is 42.8 Å². The van der Waals surface area contributed by atoms with Crippen LogP contribution in [-0.2, 0) is 11.8 Å². The van der Waals surface area contributed by atoms with Crippen LogP contribution < -0.4 is 0 Å². The molecular formula is C28H29N7O. The number of nitrogens with zero attached hydrogens (tertiary/aromatic N) is 7. The minimum Gasteiger partial charge on any atom is -0.385 e. The van der Waals surface area contributed by atoms with Gasteiger partial charge in [0.2, 0.25) is 0 Å². The molecular weight excluding hydrogens is 450 g/mol. The van der Waals surface area contributed by atoms with Crippen molar-refractivity contribution in [3.8, 4) is 17.3 Å². The maximum atomic E-state index is 9.65. The van der Waals surface area contributed by atoms with E-state index in [0.29, 0.717) is 12.3 Å². The Kier molecular flexibility index (Phi) is 6.49. The van der Waals surface area contributed by atoms with Gasteiger partial charge in [-0.25, -0.2) is 9.67 Å². The molecule has 36 heavy (non-hydrogen) atoms. The third-order valence-electron chi connectivity index (χ3n) is 6.95. The molecule has 5 aromatic rings. The lowest BCUT2D eigenvalue weighted by molar-refractivity contribution is 0.166. The number of hydrogen-bond acceptors (Lipinski definition) is 6. The molecule has 0 fully saturated rings. The molecule has 0 N–H and O–H groups in total. The first-order chi connectivity index (χ1) is 17.6. The molecule has 1 unspecified atom stereocenters. The molecule has 0 saturated carbocycles. The van der Waals surface area contributed by atoms with Crippen LogP contribution in [0.15, 0.2) is 54.7 Å². The van der Waals surface area contributed by atoms with Crippen LogP contribution in [0.25, 0.3) is 33.3 Å². The summed E-state index contributed by atoms with van der Waals surface area (Å²) in [4.78, 5) is 9.71. The summed E-state index contributed by atoms with van der Waals surface area (Å²) >= 11 is 0. The first kappa shape index (κ1) is 23.6. The molecule has 0 aliphatic carbocycles. The Morgan fingerprint density at radius 2 is 1.94 bits per heavy atom. The average Bonchev–Trinajstić information content (AvgIpc) is 3.41. The summed E-state index contributed by atoms with van der Waals surface area (Å²) in [5, 5.41) is 19.0. The smallest absolute Gasteiger partial charge is 0.144 e. The van der Waals surface area contributed by atoms with E-state index in [9.17, 15) is 5.26 Å². The highest BCUT2D eigenvalue weighted by atomic mass is 16.5. The van der Waals surface area contributed by atoms with E-state index in [1.165, 1.54) is 5.56 Å². The van der Waals surface area contributed by atoms with Crippen molar-refractivity contribution in [1.82, 2.24) is 29.5 Å². The number of rotatable bonds is 8. The van der Waals surface area contributed by atoms with E-state index in [2.05, 4.69) is 58.2 Å². The zero-order valence-electron chi connectivity index (χ0n) is 21.0. The number of nitriles is 1. The van der Waals surface area contributed by atoms with Crippen molar-refractivity contribution < 1.29 is 4.74 Å². The molecule has 5 rings (SSSR count). The van der Waals surface area contributed by atoms with Crippen LogP contribution in [0.3, 0.4) is 0 Å². The monoisotopic (exact) mass is 479 g/mol. The fraction of sp³-hybridized carbons (Fsp3) is 0.321. The Bertz CT molecular complexity index is 1540.